The van der Waals surface area contributed by atoms with Crippen molar-refractivity contribution in [1.29, 1.82) is 0 Å². The molecule has 0 bridgehead atoms. The molecule has 0 spiro atoms. The minimum atomic E-state index is -0.265. The van der Waals surface area contributed by atoms with Crippen LogP contribution in [0.2, 0.25) is 0 Å². The maximum atomic E-state index is 13.6. The van der Waals surface area contributed by atoms with Gasteiger partial charge in [0.2, 0.25) is 5.95 Å². The molecule has 0 unspecified atom stereocenters. The van der Waals surface area contributed by atoms with Gasteiger partial charge in [0, 0.05) is 11.8 Å². The number of hydrogen-bond donors (Lipinski definition) is 1. The Hall–Kier alpha value is -2.04. The van der Waals surface area contributed by atoms with E-state index in [-0.39, 0.29) is 17.2 Å². The van der Waals surface area contributed by atoms with Gasteiger partial charge in [-0.2, -0.15) is 9.97 Å². The van der Waals surface area contributed by atoms with E-state index < -0.39 is 0 Å². The minimum absolute atomic E-state index is 0.172. The van der Waals surface area contributed by atoms with Gasteiger partial charge in [-0.05, 0) is 11.6 Å². The van der Waals surface area contributed by atoms with Crippen LogP contribution in [-0.2, 0) is 11.8 Å². The summed E-state index contributed by atoms with van der Waals surface area (Å²) < 4.78 is 13.6. The second-order valence-corrected chi connectivity index (χ2v) is 5.45. The highest BCUT2D eigenvalue weighted by molar-refractivity contribution is 5.24. The van der Waals surface area contributed by atoms with E-state index in [0.29, 0.717) is 23.6 Å². The predicted octanol–water partition coefficient (Wildman–Crippen LogP) is 2.48. The van der Waals surface area contributed by atoms with Gasteiger partial charge in [-0.15, -0.1) is 0 Å². The van der Waals surface area contributed by atoms with Gasteiger partial charge >= 0.3 is 0 Å². The molecule has 0 aliphatic heterocycles. The third-order valence-corrected chi connectivity index (χ3v) is 2.68. The second-order valence-electron chi connectivity index (χ2n) is 5.45. The van der Waals surface area contributed by atoms with E-state index in [1.54, 1.807) is 18.2 Å². The molecule has 0 aliphatic carbocycles. The Morgan fingerprint density at radius 2 is 1.79 bits per heavy atom. The molecule has 0 fully saturated rings. The number of hydrogen-bond acceptors (Lipinski definition) is 4. The first-order chi connectivity index (χ1) is 8.86. The number of halogens is 1. The molecule has 100 valence electrons. The molecule has 2 rings (SSSR count). The van der Waals surface area contributed by atoms with Gasteiger partial charge in [0.15, 0.2) is 0 Å². The molecule has 4 nitrogen and oxygen atoms in total. The number of benzene rings is 1. The molecule has 19 heavy (non-hydrogen) atoms. The van der Waals surface area contributed by atoms with Gasteiger partial charge in [-0.25, -0.2) is 9.37 Å². The highest BCUT2D eigenvalue weighted by Gasteiger charge is 2.19. The molecule has 1 aromatic heterocycles. The summed E-state index contributed by atoms with van der Waals surface area (Å²) >= 11 is 0. The molecule has 1 heterocycles. The average Bonchev–Trinajstić information content (AvgIpc) is 2.30. The lowest BCUT2D eigenvalue weighted by Crippen LogP contribution is -2.19. The Morgan fingerprint density at radius 3 is 2.42 bits per heavy atom. The molecule has 2 N–H and O–H groups in total. The molecule has 0 aliphatic rings. The Balaban J connectivity index is 2.36. The first-order valence-corrected chi connectivity index (χ1v) is 6.10. The second kappa shape index (κ2) is 4.91. The third-order valence-electron chi connectivity index (χ3n) is 2.68. The number of nitrogens with two attached hydrogens (primary N) is 1. The van der Waals surface area contributed by atoms with Crippen LogP contribution in [0.25, 0.3) is 0 Å². The first kappa shape index (κ1) is 13.4. The fourth-order valence-corrected chi connectivity index (χ4v) is 1.66. The standard InChI is InChI=1S/C14H17FN4/c1-14(2,3)12-17-11(18-13(16)19-12)8-9-6-4-5-7-10(9)15/h4-7H,8H2,1-3H3,(H2,16,17,18,19). The van der Waals surface area contributed by atoms with Gasteiger partial charge < -0.3 is 5.73 Å². The van der Waals surface area contributed by atoms with Crippen LogP contribution >= 0.6 is 0 Å². The van der Waals surface area contributed by atoms with Crippen molar-refractivity contribution >= 4 is 5.95 Å². The molecule has 5 heteroatoms. The normalized spacial score (nSPS) is 11.6. The molecule has 1 aromatic carbocycles. The fourth-order valence-electron chi connectivity index (χ4n) is 1.66. The number of nitrogens with zero attached hydrogens (tertiary/aromatic N) is 3. The summed E-state index contributed by atoms with van der Waals surface area (Å²) in [6.07, 6.45) is 0.308. The molecular formula is C14H17FN4. The van der Waals surface area contributed by atoms with Crippen molar-refractivity contribution in [2.75, 3.05) is 5.73 Å². The van der Waals surface area contributed by atoms with Crippen LogP contribution in [0.3, 0.4) is 0 Å². The number of aromatic nitrogens is 3. The van der Waals surface area contributed by atoms with E-state index >= 15 is 0 Å². The molecule has 0 saturated heterocycles. The summed E-state index contributed by atoms with van der Waals surface area (Å²) in [5, 5.41) is 0. The summed E-state index contributed by atoms with van der Waals surface area (Å²) in [5.74, 6) is 1.01. The third kappa shape index (κ3) is 3.24. The van der Waals surface area contributed by atoms with Crippen molar-refractivity contribution in [2.24, 2.45) is 0 Å². The smallest absolute Gasteiger partial charge is 0.223 e. The van der Waals surface area contributed by atoms with Crippen LogP contribution < -0.4 is 5.73 Å². The topological polar surface area (TPSA) is 64.7 Å². The lowest BCUT2D eigenvalue weighted by molar-refractivity contribution is 0.537. The van der Waals surface area contributed by atoms with Crippen LogP contribution in [0.15, 0.2) is 24.3 Å². The summed E-state index contributed by atoms with van der Waals surface area (Å²) in [6.45, 7) is 5.98. The summed E-state index contributed by atoms with van der Waals surface area (Å²) in [7, 11) is 0. The molecule has 0 amide bonds. The Morgan fingerprint density at radius 1 is 1.11 bits per heavy atom. The highest BCUT2D eigenvalue weighted by Crippen LogP contribution is 2.19. The minimum Gasteiger partial charge on any atom is -0.368 e. The van der Waals surface area contributed by atoms with Crippen LogP contribution in [-0.4, -0.2) is 15.0 Å². The SMILES string of the molecule is CC(C)(C)c1nc(N)nc(Cc2ccccc2F)n1. The zero-order valence-electron chi connectivity index (χ0n) is 11.3. The van der Waals surface area contributed by atoms with Crippen molar-refractivity contribution in [2.45, 2.75) is 32.6 Å². The Labute approximate surface area is 111 Å². The number of anilines is 1. The van der Waals surface area contributed by atoms with Crippen LogP contribution in [0.4, 0.5) is 10.3 Å². The maximum Gasteiger partial charge on any atom is 0.223 e. The van der Waals surface area contributed by atoms with Gasteiger partial charge in [0.1, 0.15) is 17.5 Å². The van der Waals surface area contributed by atoms with E-state index in [9.17, 15) is 4.39 Å². The lowest BCUT2D eigenvalue weighted by atomic mass is 9.96. The lowest BCUT2D eigenvalue weighted by Gasteiger charge is -2.17. The van der Waals surface area contributed by atoms with Crippen molar-refractivity contribution in [3.63, 3.8) is 0 Å². The zero-order valence-corrected chi connectivity index (χ0v) is 11.3. The van der Waals surface area contributed by atoms with E-state index in [1.165, 1.54) is 6.07 Å². The molecular weight excluding hydrogens is 243 g/mol. The van der Waals surface area contributed by atoms with Crippen molar-refractivity contribution < 1.29 is 4.39 Å². The largest absolute Gasteiger partial charge is 0.368 e. The van der Waals surface area contributed by atoms with E-state index in [2.05, 4.69) is 15.0 Å². The predicted molar refractivity (Wildman–Crippen MR) is 72.1 cm³/mol. The Kier molecular flexibility index (Phi) is 3.46. The first-order valence-electron chi connectivity index (χ1n) is 6.10. The summed E-state index contributed by atoms with van der Waals surface area (Å²) in [6, 6.07) is 6.57. The Bertz CT molecular complexity index is 590. The molecule has 2 aromatic rings. The zero-order chi connectivity index (χ0) is 14.0. The van der Waals surface area contributed by atoms with Crippen molar-refractivity contribution in [3.8, 4) is 0 Å². The summed E-state index contributed by atoms with van der Waals surface area (Å²) in [4.78, 5) is 12.6. The van der Waals surface area contributed by atoms with E-state index in [4.69, 9.17) is 5.73 Å². The van der Waals surface area contributed by atoms with E-state index in [0.717, 1.165) is 0 Å². The monoisotopic (exact) mass is 260 g/mol. The van der Waals surface area contributed by atoms with Gasteiger partial charge in [0.05, 0.1) is 0 Å². The average molecular weight is 260 g/mol. The number of nitrogen functional groups attached to an aromatic ring is 1. The van der Waals surface area contributed by atoms with Gasteiger partial charge in [0.25, 0.3) is 0 Å². The fraction of sp³-hybridized carbons (Fsp3) is 0.357. The maximum absolute atomic E-state index is 13.6. The van der Waals surface area contributed by atoms with Crippen LogP contribution in [0.1, 0.15) is 38.0 Å². The molecule has 0 atom stereocenters. The van der Waals surface area contributed by atoms with Crippen molar-refractivity contribution in [3.05, 3.63) is 47.3 Å². The van der Waals surface area contributed by atoms with Crippen molar-refractivity contribution in [1.82, 2.24) is 15.0 Å². The summed E-state index contributed by atoms with van der Waals surface area (Å²) in [5.41, 5.74) is 6.02. The molecule has 0 radical (unpaired) electrons. The quantitative estimate of drug-likeness (QED) is 0.901. The van der Waals surface area contributed by atoms with Gasteiger partial charge in [-0.3, -0.25) is 0 Å². The highest BCUT2D eigenvalue weighted by atomic mass is 19.1. The van der Waals surface area contributed by atoms with Crippen LogP contribution in [0, 0.1) is 5.82 Å². The number of rotatable bonds is 2. The van der Waals surface area contributed by atoms with Crippen LogP contribution in [0.5, 0.6) is 0 Å². The molecule has 0 saturated carbocycles. The van der Waals surface area contributed by atoms with E-state index in [1.807, 2.05) is 20.8 Å². The van der Waals surface area contributed by atoms with Gasteiger partial charge in [-0.1, -0.05) is 39.0 Å².